The Morgan fingerprint density at radius 2 is 2.22 bits per heavy atom. The SMILES string of the molecule is CCCOCC(O)OC. The molecule has 0 rings (SSSR count). The molecule has 1 atom stereocenters. The second-order valence-electron chi connectivity index (χ2n) is 1.77. The Labute approximate surface area is 55.6 Å². The van der Waals surface area contributed by atoms with E-state index in [1.54, 1.807) is 0 Å². The van der Waals surface area contributed by atoms with Crippen LogP contribution in [0.2, 0.25) is 0 Å². The predicted molar refractivity (Wildman–Crippen MR) is 34.1 cm³/mol. The molecule has 3 heteroatoms. The zero-order valence-electron chi connectivity index (χ0n) is 5.96. The number of ether oxygens (including phenoxy) is 2. The molecule has 0 aliphatic carbocycles. The van der Waals surface area contributed by atoms with E-state index in [1.165, 1.54) is 7.11 Å². The number of rotatable bonds is 5. The molecule has 0 saturated carbocycles. The Hall–Kier alpha value is -0.120. The third kappa shape index (κ3) is 5.76. The third-order valence-electron chi connectivity index (χ3n) is 0.881. The summed E-state index contributed by atoms with van der Waals surface area (Å²) in [6.07, 6.45) is 0.202. The predicted octanol–water partition coefficient (Wildman–Crippen LogP) is 0.378. The van der Waals surface area contributed by atoms with Gasteiger partial charge in [0.1, 0.15) is 0 Å². The van der Waals surface area contributed by atoms with Crippen LogP contribution in [-0.4, -0.2) is 31.7 Å². The molecule has 1 unspecified atom stereocenters. The molecule has 0 aliphatic heterocycles. The van der Waals surface area contributed by atoms with Crippen molar-refractivity contribution in [1.29, 1.82) is 0 Å². The van der Waals surface area contributed by atoms with Crippen molar-refractivity contribution in [3.63, 3.8) is 0 Å². The monoisotopic (exact) mass is 134 g/mol. The van der Waals surface area contributed by atoms with Gasteiger partial charge in [0.25, 0.3) is 0 Å². The molecule has 0 spiro atoms. The van der Waals surface area contributed by atoms with Gasteiger partial charge in [-0.05, 0) is 6.42 Å². The molecule has 3 nitrogen and oxygen atoms in total. The molecule has 0 bridgehead atoms. The van der Waals surface area contributed by atoms with Crippen molar-refractivity contribution in [3.8, 4) is 0 Å². The summed E-state index contributed by atoms with van der Waals surface area (Å²) < 4.78 is 9.49. The van der Waals surface area contributed by atoms with Gasteiger partial charge in [-0.2, -0.15) is 0 Å². The fourth-order valence-electron chi connectivity index (χ4n) is 0.397. The highest BCUT2D eigenvalue weighted by Crippen LogP contribution is 1.86. The largest absolute Gasteiger partial charge is 0.376 e. The second kappa shape index (κ2) is 6.01. The maximum atomic E-state index is 8.74. The molecule has 0 heterocycles. The van der Waals surface area contributed by atoms with E-state index < -0.39 is 6.29 Å². The van der Waals surface area contributed by atoms with Crippen molar-refractivity contribution in [2.75, 3.05) is 20.3 Å². The minimum absolute atomic E-state index is 0.268. The summed E-state index contributed by atoms with van der Waals surface area (Å²) in [5.74, 6) is 0. The fraction of sp³-hybridized carbons (Fsp3) is 1.00. The first kappa shape index (κ1) is 8.88. The first-order valence-corrected chi connectivity index (χ1v) is 3.09. The van der Waals surface area contributed by atoms with Crippen LogP contribution < -0.4 is 0 Å². The van der Waals surface area contributed by atoms with E-state index in [0.717, 1.165) is 6.42 Å². The average molecular weight is 134 g/mol. The molecule has 1 N–H and O–H groups in total. The first-order valence-electron chi connectivity index (χ1n) is 3.09. The van der Waals surface area contributed by atoms with Gasteiger partial charge in [0.05, 0.1) is 6.61 Å². The van der Waals surface area contributed by atoms with Crippen molar-refractivity contribution < 1.29 is 14.6 Å². The normalized spacial score (nSPS) is 13.7. The summed E-state index contributed by atoms with van der Waals surface area (Å²) in [6, 6.07) is 0. The Kier molecular flexibility index (Phi) is 5.93. The van der Waals surface area contributed by atoms with Crippen LogP contribution in [0, 0.1) is 0 Å². The van der Waals surface area contributed by atoms with Gasteiger partial charge < -0.3 is 14.6 Å². The van der Waals surface area contributed by atoms with Crippen LogP contribution in [0.5, 0.6) is 0 Å². The minimum Gasteiger partial charge on any atom is -0.376 e. The van der Waals surface area contributed by atoms with Crippen molar-refractivity contribution in [2.45, 2.75) is 19.6 Å². The van der Waals surface area contributed by atoms with Crippen LogP contribution in [0.4, 0.5) is 0 Å². The smallest absolute Gasteiger partial charge is 0.177 e. The average Bonchev–Trinajstić information content (AvgIpc) is 1.89. The van der Waals surface area contributed by atoms with Gasteiger partial charge in [-0.3, -0.25) is 0 Å². The summed E-state index contributed by atoms with van der Waals surface area (Å²) >= 11 is 0. The lowest BCUT2D eigenvalue weighted by molar-refractivity contribution is -0.118. The highest BCUT2D eigenvalue weighted by molar-refractivity contribution is 4.33. The van der Waals surface area contributed by atoms with Crippen molar-refractivity contribution in [2.24, 2.45) is 0 Å². The molecular weight excluding hydrogens is 120 g/mol. The number of methoxy groups -OCH3 is 1. The summed E-state index contributed by atoms with van der Waals surface area (Å²) in [6.45, 7) is 2.96. The van der Waals surface area contributed by atoms with Gasteiger partial charge >= 0.3 is 0 Å². The summed E-state index contributed by atoms with van der Waals surface area (Å²) in [7, 11) is 1.44. The molecule has 9 heavy (non-hydrogen) atoms. The zero-order chi connectivity index (χ0) is 7.11. The van der Waals surface area contributed by atoms with E-state index in [0.29, 0.717) is 6.61 Å². The minimum atomic E-state index is -0.767. The third-order valence-corrected chi connectivity index (χ3v) is 0.881. The molecule has 0 amide bonds. The van der Waals surface area contributed by atoms with Gasteiger partial charge in [-0.15, -0.1) is 0 Å². The molecule has 56 valence electrons. The highest BCUT2D eigenvalue weighted by Gasteiger charge is 1.98. The Balaban J connectivity index is 2.88. The van der Waals surface area contributed by atoms with Gasteiger partial charge in [0.2, 0.25) is 0 Å². The standard InChI is InChI=1S/C6H14O3/c1-3-4-9-5-6(7)8-2/h6-7H,3-5H2,1-2H3. The number of hydrogen-bond acceptors (Lipinski definition) is 3. The van der Waals surface area contributed by atoms with E-state index >= 15 is 0 Å². The van der Waals surface area contributed by atoms with Crippen molar-refractivity contribution in [3.05, 3.63) is 0 Å². The van der Waals surface area contributed by atoms with Crippen LogP contribution >= 0.6 is 0 Å². The number of hydrogen-bond donors (Lipinski definition) is 1. The van der Waals surface area contributed by atoms with Crippen LogP contribution in [0.1, 0.15) is 13.3 Å². The Morgan fingerprint density at radius 3 is 2.67 bits per heavy atom. The van der Waals surface area contributed by atoms with Crippen molar-refractivity contribution in [1.82, 2.24) is 0 Å². The number of aliphatic hydroxyl groups excluding tert-OH is 1. The van der Waals surface area contributed by atoms with Gasteiger partial charge in [0, 0.05) is 13.7 Å². The zero-order valence-corrected chi connectivity index (χ0v) is 5.96. The number of aliphatic hydroxyl groups is 1. The van der Waals surface area contributed by atoms with Gasteiger partial charge in [0.15, 0.2) is 6.29 Å². The fourth-order valence-corrected chi connectivity index (χ4v) is 0.397. The Bertz CT molecular complexity index is 56.3. The van der Waals surface area contributed by atoms with Gasteiger partial charge in [-0.25, -0.2) is 0 Å². The first-order chi connectivity index (χ1) is 4.31. The molecule has 0 fully saturated rings. The van der Waals surface area contributed by atoms with E-state index in [-0.39, 0.29) is 6.61 Å². The molecule has 0 saturated heterocycles. The maximum absolute atomic E-state index is 8.74. The lowest BCUT2D eigenvalue weighted by Gasteiger charge is -2.07. The van der Waals surface area contributed by atoms with Crippen LogP contribution in [-0.2, 0) is 9.47 Å². The van der Waals surface area contributed by atoms with Crippen LogP contribution in [0.15, 0.2) is 0 Å². The van der Waals surface area contributed by atoms with E-state index in [4.69, 9.17) is 9.84 Å². The summed E-state index contributed by atoms with van der Waals surface area (Å²) in [4.78, 5) is 0. The second-order valence-corrected chi connectivity index (χ2v) is 1.77. The van der Waals surface area contributed by atoms with E-state index in [2.05, 4.69) is 4.74 Å². The Morgan fingerprint density at radius 1 is 1.56 bits per heavy atom. The lowest BCUT2D eigenvalue weighted by atomic mass is 10.5. The molecule has 0 aromatic carbocycles. The maximum Gasteiger partial charge on any atom is 0.177 e. The van der Waals surface area contributed by atoms with Gasteiger partial charge in [-0.1, -0.05) is 6.92 Å². The lowest BCUT2D eigenvalue weighted by Crippen LogP contribution is -2.17. The topological polar surface area (TPSA) is 38.7 Å². The molecule has 0 aliphatic rings. The van der Waals surface area contributed by atoms with E-state index in [9.17, 15) is 0 Å². The highest BCUT2D eigenvalue weighted by atomic mass is 16.6. The van der Waals surface area contributed by atoms with E-state index in [1.807, 2.05) is 6.92 Å². The molecule has 0 radical (unpaired) electrons. The summed E-state index contributed by atoms with van der Waals surface area (Å²) in [5, 5.41) is 8.74. The molecule has 0 aromatic heterocycles. The molecule has 0 aromatic rings. The molecular formula is C6H14O3. The quantitative estimate of drug-likeness (QED) is 0.436. The van der Waals surface area contributed by atoms with Crippen LogP contribution in [0.25, 0.3) is 0 Å². The van der Waals surface area contributed by atoms with Crippen molar-refractivity contribution >= 4 is 0 Å². The van der Waals surface area contributed by atoms with Crippen LogP contribution in [0.3, 0.4) is 0 Å². The summed E-state index contributed by atoms with van der Waals surface area (Å²) in [5.41, 5.74) is 0.